The molecule has 0 spiro atoms. The van der Waals surface area contributed by atoms with E-state index in [1.807, 2.05) is 18.2 Å². The van der Waals surface area contributed by atoms with Gasteiger partial charge in [-0.3, -0.25) is 4.90 Å². The fraction of sp³-hybridized carbons (Fsp3) is 0.316. The van der Waals surface area contributed by atoms with Gasteiger partial charge in [0.25, 0.3) is 0 Å². The zero-order chi connectivity index (χ0) is 16.8. The van der Waals surface area contributed by atoms with Crippen LogP contribution in [0.3, 0.4) is 0 Å². The third-order valence-corrected chi connectivity index (χ3v) is 3.99. The van der Waals surface area contributed by atoms with Gasteiger partial charge in [-0.15, -0.1) is 0 Å². The van der Waals surface area contributed by atoms with E-state index < -0.39 is 0 Å². The predicted octanol–water partition coefficient (Wildman–Crippen LogP) is 3.97. The molecule has 0 saturated heterocycles. The molecule has 1 atom stereocenters. The Labute approximate surface area is 138 Å². The van der Waals surface area contributed by atoms with Gasteiger partial charge in [-0.25, -0.2) is 4.79 Å². The van der Waals surface area contributed by atoms with Crippen LogP contribution in [0.5, 0.6) is 0 Å². The highest BCUT2D eigenvalue weighted by Crippen LogP contribution is 2.22. The van der Waals surface area contributed by atoms with Crippen LogP contribution in [0.15, 0.2) is 54.6 Å². The first kappa shape index (κ1) is 17.0. The SMILES string of the molecule is CC(c1ccc(NC(=O)N(C)C)cc1)N(C)Cc1ccccc1. The van der Waals surface area contributed by atoms with Crippen molar-refractivity contribution in [2.45, 2.75) is 19.5 Å². The highest BCUT2D eigenvalue weighted by Gasteiger charge is 2.12. The van der Waals surface area contributed by atoms with Crippen molar-refractivity contribution in [3.8, 4) is 0 Å². The summed E-state index contributed by atoms with van der Waals surface area (Å²) < 4.78 is 0. The van der Waals surface area contributed by atoms with Gasteiger partial charge in [-0.05, 0) is 37.2 Å². The molecule has 2 aromatic carbocycles. The molecule has 0 aromatic heterocycles. The summed E-state index contributed by atoms with van der Waals surface area (Å²) in [5, 5.41) is 2.85. The zero-order valence-corrected chi connectivity index (χ0v) is 14.3. The normalized spacial score (nSPS) is 12.0. The first-order valence-corrected chi connectivity index (χ1v) is 7.80. The van der Waals surface area contributed by atoms with Gasteiger partial charge in [0.15, 0.2) is 0 Å². The quantitative estimate of drug-likeness (QED) is 0.907. The molecule has 0 bridgehead atoms. The Hall–Kier alpha value is -2.33. The Balaban J connectivity index is 1.99. The van der Waals surface area contributed by atoms with Crippen molar-refractivity contribution in [1.82, 2.24) is 9.80 Å². The van der Waals surface area contributed by atoms with Crippen LogP contribution < -0.4 is 5.32 Å². The summed E-state index contributed by atoms with van der Waals surface area (Å²) in [5.41, 5.74) is 3.34. The first-order valence-electron chi connectivity index (χ1n) is 7.80. The topological polar surface area (TPSA) is 35.6 Å². The fourth-order valence-electron chi connectivity index (χ4n) is 2.34. The minimum atomic E-state index is -0.119. The van der Waals surface area contributed by atoms with Gasteiger partial charge in [-0.1, -0.05) is 42.5 Å². The minimum absolute atomic E-state index is 0.119. The van der Waals surface area contributed by atoms with Crippen molar-refractivity contribution < 1.29 is 4.79 Å². The Morgan fingerprint density at radius 2 is 1.61 bits per heavy atom. The first-order chi connectivity index (χ1) is 11.0. The number of nitrogens with one attached hydrogen (secondary N) is 1. The second-order valence-electron chi connectivity index (χ2n) is 6.02. The van der Waals surface area contributed by atoms with Gasteiger partial charge >= 0.3 is 6.03 Å². The van der Waals surface area contributed by atoms with Crippen molar-refractivity contribution in [2.75, 3.05) is 26.5 Å². The summed E-state index contributed by atoms with van der Waals surface area (Å²) in [6.45, 7) is 3.09. The molecule has 2 amide bonds. The molecule has 1 N–H and O–H groups in total. The lowest BCUT2D eigenvalue weighted by molar-refractivity contribution is 0.230. The monoisotopic (exact) mass is 311 g/mol. The van der Waals surface area contributed by atoms with Crippen LogP contribution >= 0.6 is 0 Å². The third kappa shape index (κ3) is 4.83. The molecule has 0 heterocycles. The van der Waals surface area contributed by atoms with Crippen LogP contribution in [-0.2, 0) is 6.54 Å². The van der Waals surface area contributed by atoms with Crippen LogP contribution in [0, 0.1) is 0 Å². The highest BCUT2D eigenvalue weighted by molar-refractivity contribution is 5.88. The van der Waals surface area contributed by atoms with E-state index in [1.54, 1.807) is 14.1 Å². The van der Waals surface area contributed by atoms with Gasteiger partial charge in [0.2, 0.25) is 0 Å². The van der Waals surface area contributed by atoms with E-state index in [0.717, 1.165) is 12.2 Å². The highest BCUT2D eigenvalue weighted by atomic mass is 16.2. The summed E-state index contributed by atoms with van der Waals surface area (Å²) in [4.78, 5) is 15.5. The number of carbonyl (C=O) groups is 1. The molecule has 122 valence electrons. The molecule has 2 aromatic rings. The molecule has 0 aliphatic carbocycles. The lowest BCUT2D eigenvalue weighted by Crippen LogP contribution is -2.27. The smallest absolute Gasteiger partial charge is 0.321 e. The molecule has 4 heteroatoms. The molecule has 2 rings (SSSR count). The van der Waals surface area contributed by atoms with E-state index in [4.69, 9.17) is 0 Å². The largest absolute Gasteiger partial charge is 0.331 e. The molecule has 0 radical (unpaired) electrons. The standard InChI is InChI=1S/C19H25N3O/c1-15(22(4)14-16-8-6-5-7-9-16)17-10-12-18(13-11-17)20-19(23)21(2)3/h5-13,15H,14H2,1-4H3,(H,20,23). The number of amides is 2. The Morgan fingerprint density at radius 3 is 2.17 bits per heavy atom. The number of carbonyl (C=O) groups excluding carboxylic acids is 1. The molecule has 23 heavy (non-hydrogen) atoms. The number of rotatable bonds is 5. The molecule has 0 fully saturated rings. The number of urea groups is 1. The number of nitrogens with zero attached hydrogens (tertiary/aromatic N) is 2. The third-order valence-electron chi connectivity index (χ3n) is 3.99. The number of hydrogen-bond acceptors (Lipinski definition) is 2. The lowest BCUT2D eigenvalue weighted by atomic mass is 10.1. The second-order valence-corrected chi connectivity index (χ2v) is 6.02. The molecule has 0 aliphatic heterocycles. The molecule has 4 nitrogen and oxygen atoms in total. The fourth-order valence-corrected chi connectivity index (χ4v) is 2.34. The number of anilines is 1. The van der Waals surface area contributed by atoms with Crippen molar-refractivity contribution in [1.29, 1.82) is 0 Å². The van der Waals surface area contributed by atoms with Crippen molar-refractivity contribution >= 4 is 11.7 Å². The van der Waals surface area contributed by atoms with E-state index in [-0.39, 0.29) is 6.03 Å². The van der Waals surface area contributed by atoms with E-state index in [0.29, 0.717) is 6.04 Å². The van der Waals surface area contributed by atoms with Crippen LogP contribution in [0.2, 0.25) is 0 Å². The van der Waals surface area contributed by atoms with Gasteiger partial charge in [-0.2, -0.15) is 0 Å². The summed E-state index contributed by atoms with van der Waals surface area (Å²) in [6.07, 6.45) is 0. The summed E-state index contributed by atoms with van der Waals surface area (Å²) in [7, 11) is 5.58. The maximum Gasteiger partial charge on any atom is 0.321 e. The van der Waals surface area contributed by atoms with Crippen LogP contribution in [0.25, 0.3) is 0 Å². The van der Waals surface area contributed by atoms with Crippen molar-refractivity contribution in [2.24, 2.45) is 0 Å². The molecule has 1 unspecified atom stereocenters. The van der Waals surface area contributed by atoms with Gasteiger partial charge < -0.3 is 10.2 Å². The van der Waals surface area contributed by atoms with E-state index in [1.165, 1.54) is 16.0 Å². The average Bonchev–Trinajstić information content (AvgIpc) is 2.55. The summed E-state index contributed by atoms with van der Waals surface area (Å²) in [6, 6.07) is 18.7. The van der Waals surface area contributed by atoms with E-state index in [9.17, 15) is 4.79 Å². The number of benzene rings is 2. The van der Waals surface area contributed by atoms with E-state index in [2.05, 4.69) is 60.6 Å². The maximum atomic E-state index is 11.6. The van der Waals surface area contributed by atoms with Gasteiger partial charge in [0.1, 0.15) is 0 Å². The van der Waals surface area contributed by atoms with E-state index >= 15 is 0 Å². The summed E-state index contributed by atoms with van der Waals surface area (Å²) in [5.74, 6) is 0. The molecular weight excluding hydrogens is 286 g/mol. The van der Waals surface area contributed by atoms with Crippen LogP contribution in [-0.4, -0.2) is 37.0 Å². The summed E-state index contributed by atoms with van der Waals surface area (Å²) >= 11 is 0. The average molecular weight is 311 g/mol. The molecular formula is C19H25N3O. The van der Waals surface area contributed by atoms with Gasteiger partial charge in [0.05, 0.1) is 0 Å². The van der Waals surface area contributed by atoms with Crippen LogP contribution in [0.1, 0.15) is 24.1 Å². The number of hydrogen-bond donors (Lipinski definition) is 1. The predicted molar refractivity (Wildman–Crippen MR) is 95.5 cm³/mol. The van der Waals surface area contributed by atoms with Crippen LogP contribution in [0.4, 0.5) is 10.5 Å². The molecule has 0 aliphatic rings. The zero-order valence-electron chi connectivity index (χ0n) is 14.3. The lowest BCUT2D eigenvalue weighted by Gasteiger charge is -2.25. The maximum absolute atomic E-state index is 11.6. The van der Waals surface area contributed by atoms with Crippen molar-refractivity contribution in [3.05, 3.63) is 65.7 Å². The minimum Gasteiger partial charge on any atom is -0.331 e. The van der Waals surface area contributed by atoms with Gasteiger partial charge in [0, 0.05) is 32.4 Å². The Kier molecular flexibility index (Phi) is 5.77. The Morgan fingerprint density at radius 1 is 1.00 bits per heavy atom. The second kappa shape index (κ2) is 7.79. The molecule has 0 saturated carbocycles. The van der Waals surface area contributed by atoms with Crippen molar-refractivity contribution in [3.63, 3.8) is 0 Å². The Bertz CT molecular complexity index is 623.